The maximum absolute atomic E-state index is 12.6. The zero-order valence-electron chi connectivity index (χ0n) is 34.9. The molecule has 0 aromatic rings. The summed E-state index contributed by atoms with van der Waals surface area (Å²) in [4.78, 5) is 34.8. The third-order valence-corrected chi connectivity index (χ3v) is 9.90. The zero-order chi connectivity index (χ0) is 40.3. The first-order valence-corrected chi connectivity index (χ1v) is 23.3. The van der Waals surface area contributed by atoms with Crippen molar-refractivity contribution in [1.82, 2.24) is 0 Å². The molecule has 2 atom stereocenters. The van der Waals surface area contributed by atoms with E-state index in [9.17, 15) is 19.0 Å². The van der Waals surface area contributed by atoms with Gasteiger partial charge in [0.25, 0.3) is 0 Å². The quantitative estimate of drug-likeness (QED) is 0.0269. The van der Waals surface area contributed by atoms with Crippen molar-refractivity contribution in [2.75, 3.05) is 26.4 Å². The van der Waals surface area contributed by atoms with Gasteiger partial charge in [0, 0.05) is 19.4 Å². The number of rotatable bonds is 40. The number of unbranched alkanes of at least 4 members (excludes halogenated alkanes) is 17. The highest BCUT2D eigenvalue weighted by molar-refractivity contribution is 7.47. The fraction of sp³-hybridized carbons (Fsp3) is 0.733. The fourth-order valence-corrected chi connectivity index (χ4v) is 6.44. The Morgan fingerprint density at radius 1 is 0.545 bits per heavy atom. The Balaban J connectivity index is 4.27. The van der Waals surface area contributed by atoms with Crippen molar-refractivity contribution in [3.05, 3.63) is 60.8 Å². The van der Waals surface area contributed by atoms with Crippen LogP contribution in [0.4, 0.5) is 0 Å². The highest BCUT2D eigenvalue weighted by atomic mass is 31.2. The molecule has 0 fully saturated rings. The Morgan fingerprint density at radius 3 is 1.47 bits per heavy atom. The second-order valence-electron chi connectivity index (χ2n) is 14.2. The Kier molecular flexibility index (Phi) is 39.6. The van der Waals surface area contributed by atoms with Gasteiger partial charge in [0.05, 0.1) is 13.2 Å². The fourth-order valence-electron chi connectivity index (χ4n) is 5.68. The Morgan fingerprint density at radius 2 is 0.982 bits per heavy atom. The minimum Gasteiger partial charge on any atom is -0.462 e. The maximum Gasteiger partial charge on any atom is 0.472 e. The van der Waals surface area contributed by atoms with Crippen LogP contribution >= 0.6 is 7.82 Å². The second-order valence-corrected chi connectivity index (χ2v) is 15.7. The SMILES string of the molecule is CCCCC/C=C/C/C=C/C/C=C/C/C=C/C/C=C/CCC(=O)OC[C@H](COP(=O)(O)OCCN)OC(=O)CCCCCCCCCCCCCCCCC. The highest BCUT2D eigenvalue weighted by Gasteiger charge is 2.25. The molecular weight excluding hydrogens is 713 g/mol. The molecule has 0 aromatic heterocycles. The summed E-state index contributed by atoms with van der Waals surface area (Å²) in [5, 5.41) is 0. The molecule has 0 heterocycles. The molecule has 318 valence electrons. The lowest BCUT2D eigenvalue weighted by molar-refractivity contribution is -0.161. The van der Waals surface area contributed by atoms with Crippen LogP contribution in [0.15, 0.2) is 60.8 Å². The molecule has 3 N–H and O–H groups in total. The van der Waals surface area contributed by atoms with Crippen LogP contribution in [-0.4, -0.2) is 49.3 Å². The van der Waals surface area contributed by atoms with Gasteiger partial charge in [-0.1, -0.05) is 177 Å². The van der Waals surface area contributed by atoms with Crippen LogP contribution < -0.4 is 5.73 Å². The average Bonchev–Trinajstić information content (AvgIpc) is 3.17. The molecule has 0 bridgehead atoms. The van der Waals surface area contributed by atoms with Crippen LogP contribution in [0.5, 0.6) is 0 Å². The van der Waals surface area contributed by atoms with Gasteiger partial charge >= 0.3 is 19.8 Å². The average molecular weight is 794 g/mol. The summed E-state index contributed by atoms with van der Waals surface area (Å²) >= 11 is 0. The van der Waals surface area contributed by atoms with Crippen LogP contribution in [0.25, 0.3) is 0 Å². The summed E-state index contributed by atoms with van der Waals surface area (Å²) < 4.78 is 32.7. The van der Waals surface area contributed by atoms with E-state index in [1.807, 2.05) is 12.2 Å². The molecule has 0 aromatic carbocycles. The van der Waals surface area contributed by atoms with Crippen LogP contribution in [0.2, 0.25) is 0 Å². The lowest BCUT2D eigenvalue weighted by atomic mass is 10.0. The van der Waals surface area contributed by atoms with Crippen molar-refractivity contribution >= 4 is 19.8 Å². The molecule has 0 aliphatic rings. The summed E-state index contributed by atoms with van der Waals surface area (Å²) in [6.07, 6.45) is 48.3. The van der Waals surface area contributed by atoms with E-state index in [4.69, 9.17) is 24.3 Å². The van der Waals surface area contributed by atoms with Gasteiger partial charge in [0.1, 0.15) is 6.61 Å². The van der Waals surface area contributed by atoms with Gasteiger partial charge < -0.3 is 20.1 Å². The normalized spacial score (nSPS) is 13.9. The number of ether oxygens (including phenoxy) is 2. The third-order valence-electron chi connectivity index (χ3n) is 8.92. The summed E-state index contributed by atoms with van der Waals surface area (Å²) in [5.74, 6) is -0.924. The third kappa shape index (κ3) is 41.2. The van der Waals surface area contributed by atoms with Crippen LogP contribution in [0.1, 0.15) is 181 Å². The van der Waals surface area contributed by atoms with Gasteiger partial charge in [-0.2, -0.15) is 0 Å². The maximum atomic E-state index is 12.6. The molecule has 0 amide bonds. The number of phosphoric acid groups is 1. The molecule has 0 radical (unpaired) electrons. The van der Waals surface area contributed by atoms with Crippen molar-refractivity contribution in [3.63, 3.8) is 0 Å². The van der Waals surface area contributed by atoms with E-state index in [2.05, 4.69) is 62.5 Å². The number of nitrogens with two attached hydrogens (primary N) is 1. The lowest BCUT2D eigenvalue weighted by Crippen LogP contribution is -2.29. The van der Waals surface area contributed by atoms with Gasteiger partial charge in [-0.3, -0.25) is 18.6 Å². The number of hydrogen-bond acceptors (Lipinski definition) is 8. The van der Waals surface area contributed by atoms with E-state index in [-0.39, 0.29) is 32.6 Å². The smallest absolute Gasteiger partial charge is 0.462 e. The molecule has 0 rings (SSSR count). The first-order valence-electron chi connectivity index (χ1n) is 21.8. The topological polar surface area (TPSA) is 134 Å². The molecule has 0 aliphatic carbocycles. The van der Waals surface area contributed by atoms with Crippen molar-refractivity contribution in [2.24, 2.45) is 5.73 Å². The number of esters is 2. The molecule has 9 nitrogen and oxygen atoms in total. The molecule has 0 spiro atoms. The molecule has 0 saturated heterocycles. The van der Waals surface area contributed by atoms with Crippen LogP contribution in [0.3, 0.4) is 0 Å². The zero-order valence-corrected chi connectivity index (χ0v) is 35.8. The van der Waals surface area contributed by atoms with Gasteiger partial charge in [-0.25, -0.2) is 4.57 Å². The summed E-state index contributed by atoms with van der Waals surface area (Å²) in [7, 11) is -4.39. The summed E-state index contributed by atoms with van der Waals surface area (Å²) in [6.45, 7) is 3.62. The van der Waals surface area contributed by atoms with Gasteiger partial charge in [0.15, 0.2) is 6.10 Å². The first kappa shape index (κ1) is 52.7. The van der Waals surface area contributed by atoms with Gasteiger partial charge in [0.2, 0.25) is 0 Å². The largest absolute Gasteiger partial charge is 0.472 e. The van der Waals surface area contributed by atoms with E-state index in [0.29, 0.717) is 12.8 Å². The van der Waals surface area contributed by atoms with Crippen LogP contribution in [0, 0.1) is 0 Å². The minimum atomic E-state index is -4.39. The van der Waals surface area contributed by atoms with Crippen molar-refractivity contribution in [3.8, 4) is 0 Å². The Bertz CT molecular complexity index is 1090. The van der Waals surface area contributed by atoms with Crippen molar-refractivity contribution < 1.29 is 37.6 Å². The van der Waals surface area contributed by atoms with E-state index in [1.54, 1.807) is 0 Å². The van der Waals surface area contributed by atoms with Crippen LogP contribution in [-0.2, 0) is 32.7 Å². The summed E-state index contributed by atoms with van der Waals surface area (Å²) in [6, 6.07) is 0. The predicted octanol–water partition coefficient (Wildman–Crippen LogP) is 12.5. The Labute approximate surface area is 336 Å². The molecule has 10 heteroatoms. The summed E-state index contributed by atoms with van der Waals surface area (Å²) in [5.41, 5.74) is 5.34. The standard InChI is InChI=1S/C45H80NO8P/c1-3-5-7-9-11-13-15-17-19-20-21-22-24-25-27-29-31-33-35-37-44(47)51-41-43(42-53-55(49,50)52-40-39-46)54-45(48)38-36-34-32-30-28-26-23-18-16-14-12-10-8-6-4-2/h11,13,17,19,21-22,25,27,31,33,43H,3-10,12,14-16,18,20,23-24,26,28-30,32,34-42,46H2,1-2H3,(H,49,50)/b13-11+,19-17+,22-21+,27-25+,33-31+/t43-/m1/s1. The van der Waals surface area contributed by atoms with Gasteiger partial charge in [-0.15, -0.1) is 0 Å². The van der Waals surface area contributed by atoms with Crippen molar-refractivity contribution in [2.45, 2.75) is 187 Å². The number of phosphoric ester groups is 1. The first-order chi connectivity index (χ1) is 26.8. The number of carbonyl (C=O) groups is 2. The molecule has 1 unspecified atom stereocenters. The van der Waals surface area contributed by atoms with E-state index >= 15 is 0 Å². The number of allylic oxidation sites excluding steroid dienone is 10. The number of hydrogen-bond donors (Lipinski definition) is 2. The molecule has 0 saturated carbocycles. The number of carbonyl (C=O) groups excluding carboxylic acids is 2. The second kappa shape index (κ2) is 41.3. The molecule has 0 aliphatic heterocycles. The van der Waals surface area contributed by atoms with Gasteiger partial charge in [-0.05, 0) is 51.4 Å². The van der Waals surface area contributed by atoms with E-state index in [0.717, 1.165) is 44.9 Å². The van der Waals surface area contributed by atoms with Crippen molar-refractivity contribution in [1.29, 1.82) is 0 Å². The predicted molar refractivity (Wildman–Crippen MR) is 229 cm³/mol. The minimum absolute atomic E-state index is 0.0429. The monoisotopic (exact) mass is 794 g/mol. The Hall–Kier alpha value is -2.29. The lowest BCUT2D eigenvalue weighted by Gasteiger charge is -2.19. The molecular formula is C45H80NO8P. The van der Waals surface area contributed by atoms with E-state index in [1.165, 1.54) is 96.3 Å². The van der Waals surface area contributed by atoms with E-state index < -0.39 is 32.5 Å². The highest BCUT2D eigenvalue weighted by Crippen LogP contribution is 2.43. The molecule has 55 heavy (non-hydrogen) atoms.